The number of nitrogens with zero attached hydrogens (tertiary/aromatic N) is 7. The van der Waals surface area contributed by atoms with E-state index in [0.717, 1.165) is 102 Å². The van der Waals surface area contributed by atoms with Crippen molar-refractivity contribution in [1.82, 2.24) is 30.2 Å². The Kier molecular flexibility index (Phi) is 16.4. The van der Waals surface area contributed by atoms with Crippen molar-refractivity contribution in [3.05, 3.63) is 229 Å². The van der Waals surface area contributed by atoms with E-state index in [1.807, 2.05) is 36.7 Å². The van der Waals surface area contributed by atoms with E-state index in [2.05, 4.69) is 171 Å². The third kappa shape index (κ3) is 11.7. The number of carbonyl (C=O) groups is 2. The van der Waals surface area contributed by atoms with Gasteiger partial charge in [-0.2, -0.15) is 0 Å². The molecule has 16 nitrogen and oxygen atoms in total. The van der Waals surface area contributed by atoms with Crippen molar-refractivity contribution in [1.29, 1.82) is 0 Å². The Balaban J connectivity index is 0.00000754. The summed E-state index contributed by atoms with van der Waals surface area (Å²) < 4.78 is 10.2. The maximum absolute atomic E-state index is 12.7. The number of aromatic nitrogens is 5. The molecule has 0 amide bonds. The number of nitrogens with one attached hydrogen (secondary N) is 5. The SMILES string of the molecule is COC(=O)CCC(c1ccc[nH]1)c1ccc(C(c2ccc3c4[n-]c(c3c2)/N=C2\N=C(NC3[N-]C(=NC5=N/C(=N\4)c4cc(C(C)(C)C)ccc45)c4cc(CC(C)C)ccc43)c3cc(CC(C)C)ccc32)c2ccc(C(CCC(=O)OC)c3ccc[nH]3)[nH]2)[nH]1.[Zn+2]. The van der Waals surface area contributed by atoms with Crippen LogP contribution in [0.3, 0.4) is 0 Å². The summed E-state index contributed by atoms with van der Waals surface area (Å²) in [6.45, 7) is 15.6. The van der Waals surface area contributed by atoms with Gasteiger partial charge in [0, 0.05) is 105 Å². The Labute approximate surface area is 525 Å². The first kappa shape index (κ1) is 59.4. The number of hydrogen-bond donors (Lipinski definition) is 5. The second-order valence-corrected chi connectivity index (χ2v) is 25.2. The second kappa shape index (κ2) is 24.3. The third-order valence-electron chi connectivity index (χ3n) is 17.1. The number of H-pyrrole nitrogens is 4. The van der Waals surface area contributed by atoms with Crippen LogP contribution in [0.5, 0.6) is 0 Å². The molecule has 5 N–H and O–H groups in total. The maximum Gasteiger partial charge on any atom is 2.00 e. The minimum atomic E-state index is -0.500. The maximum atomic E-state index is 12.7. The van der Waals surface area contributed by atoms with Crippen LogP contribution in [-0.2, 0) is 56.8 Å². The molecule has 0 fully saturated rings. The predicted octanol–water partition coefficient (Wildman–Crippen LogP) is 14.3. The number of methoxy groups -OCH3 is 2. The number of benzene rings is 4. The number of amidine groups is 5. The average Bonchev–Trinajstić information content (AvgIpc) is 1.67. The molecule has 88 heavy (non-hydrogen) atoms. The topological polar surface area (TPSA) is 218 Å². The van der Waals surface area contributed by atoms with Crippen LogP contribution in [0.25, 0.3) is 16.1 Å². The average molecular weight is 1220 g/mol. The van der Waals surface area contributed by atoms with Gasteiger partial charge in [-0.3, -0.25) is 9.59 Å². The predicted molar refractivity (Wildman–Crippen MR) is 344 cm³/mol. The van der Waals surface area contributed by atoms with Crippen LogP contribution in [0.15, 0.2) is 159 Å². The zero-order valence-corrected chi connectivity index (χ0v) is 54.3. The zero-order chi connectivity index (χ0) is 60.3. The molecule has 0 radical (unpaired) electrons. The van der Waals surface area contributed by atoms with E-state index in [1.165, 1.54) is 25.3 Å². The molecular weight excluding hydrogens is 1150 g/mol. The van der Waals surface area contributed by atoms with E-state index in [4.69, 9.17) is 44.7 Å². The normalized spacial score (nSPS) is 17.0. The van der Waals surface area contributed by atoms with Gasteiger partial charge in [0.05, 0.1) is 43.8 Å². The molecular formula is C71H72N12O4Zn. The van der Waals surface area contributed by atoms with Gasteiger partial charge in [-0.15, -0.1) is 0 Å². The number of esters is 2. The quantitative estimate of drug-likeness (QED) is 0.0441. The van der Waals surface area contributed by atoms with Crippen LogP contribution >= 0.6 is 0 Å². The van der Waals surface area contributed by atoms with Gasteiger partial charge in [-0.05, 0) is 154 Å². The van der Waals surface area contributed by atoms with E-state index in [9.17, 15) is 9.59 Å². The van der Waals surface area contributed by atoms with E-state index in [-0.39, 0.29) is 61.5 Å². The van der Waals surface area contributed by atoms with Gasteiger partial charge in [0.15, 0.2) is 0 Å². The molecule has 4 aromatic carbocycles. The minimum absolute atomic E-state index is 0. The minimum Gasteiger partial charge on any atom is -0.469 e. The molecule has 17 heteroatoms. The first-order chi connectivity index (χ1) is 42.0. The molecule has 5 aromatic heterocycles. The fourth-order valence-corrected chi connectivity index (χ4v) is 12.8. The van der Waals surface area contributed by atoms with Crippen molar-refractivity contribution >= 4 is 63.5 Å². The molecule has 3 unspecified atom stereocenters. The number of aromatic amines is 4. The summed E-state index contributed by atoms with van der Waals surface area (Å²) >= 11 is 0. The van der Waals surface area contributed by atoms with Crippen LogP contribution < -0.4 is 10.3 Å². The first-order valence-corrected chi connectivity index (χ1v) is 30.3. The molecule has 0 saturated carbocycles. The van der Waals surface area contributed by atoms with Crippen LogP contribution in [0.2, 0.25) is 0 Å². The number of ether oxygens (including phenoxy) is 2. The molecule has 442 valence electrons. The van der Waals surface area contributed by atoms with Gasteiger partial charge in [-0.25, -0.2) is 9.98 Å². The Bertz CT molecular complexity index is 4180. The fourth-order valence-electron chi connectivity index (χ4n) is 12.8. The van der Waals surface area contributed by atoms with Crippen LogP contribution in [-0.4, -0.2) is 75.3 Å². The monoisotopic (exact) mass is 1220 g/mol. The van der Waals surface area contributed by atoms with Crippen molar-refractivity contribution in [2.75, 3.05) is 14.2 Å². The first-order valence-electron chi connectivity index (χ1n) is 30.3. The van der Waals surface area contributed by atoms with E-state index in [0.29, 0.717) is 65.5 Å². The molecule has 0 spiro atoms. The number of fused-ring (bicyclic) bond motifs is 18. The number of aliphatic imine (C=N–C) groups is 5. The fraction of sp³-hybridized carbons (Fsp3) is 0.310. The number of hydrogen-bond acceptors (Lipinski definition) is 10. The summed E-state index contributed by atoms with van der Waals surface area (Å²) in [4.78, 5) is 72.2. The molecule has 9 heterocycles. The van der Waals surface area contributed by atoms with E-state index in [1.54, 1.807) is 0 Å². The summed E-state index contributed by atoms with van der Waals surface area (Å²) in [5.74, 6) is 3.36. The Hall–Kier alpha value is -8.95. The van der Waals surface area contributed by atoms with Gasteiger partial charge >= 0.3 is 31.4 Å². The Morgan fingerprint density at radius 2 is 1.11 bits per heavy atom. The molecule has 0 aliphatic carbocycles. The van der Waals surface area contributed by atoms with Gasteiger partial charge in [0.25, 0.3) is 0 Å². The molecule has 0 saturated heterocycles. The van der Waals surface area contributed by atoms with Gasteiger partial charge in [0.2, 0.25) is 0 Å². The van der Waals surface area contributed by atoms with Gasteiger partial charge < -0.3 is 60.0 Å². The molecule has 9 aromatic rings. The van der Waals surface area contributed by atoms with Crippen LogP contribution in [0.1, 0.15) is 188 Å². The Morgan fingerprint density at radius 3 is 1.70 bits per heavy atom. The summed E-state index contributed by atoms with van der Waals surface area (Å²) in [6.07, 6.45) is 6.64. The number of rotatable bonds is 17. The molecule has 3 atom stereocenters. The van der Waals surface area contributed by atoms with Gasteiger partial charge in [0.1, 0.15) is 5.84 Å². The van der Waals surface area contributed by atoms with Gasteiger partial charge in [-0.1, -0.05) is 109 Å². The zero-order valence-electron chi connectivity index (χ0n) is 51.4. The van der Waals surface area contributed by atoms with E-state index >= 15 is 0 Å². The van der Waals surface area contributed by atoms with Crippen molar-refractivity contribution in [3.63, 3.8) is 0 Å². The van der Waals surface area contributed by atoms with Crippen LogP contribution in [0, 0.1) is 11.8 Å². The summed E-state index contributed by atoms with van der Waals surface area (Å²) in [7, 11) is 2.84. The van der Waals surface area contributed by atoms with Crippen molar-refractivity contribution in [2.24, 2.45) is 36.8 Å². The van der Waals surface area contributed by atoms with E-state index < -0.39 is 12.1 Å². The molecule has 4 aliphatic heterocycles. The molecule has 4 aliphatic rings. The summed E-state index contributed by atoms with van der Waals surface area (Å²) in [5, 5.41) is 10.7. The van der Waals surface area contributed by atoms with Crippen LogP contribution in [0.4, 0.5) is 11.6 Å². The van der Waals surface area contributed by atoms with Crippen molar-refractivity contribution < 1.29 is 38.5 Å². The largest absolute Gasteiger partial charge is 2.00 e. The second-order valence-electron chi connectivity index (χ2n) is 25.2. The molecule has 13 rings (SSSR count). The molecule has 8 bridgehead atoms. The number of carbonyl (C=O) groups excluding carboxylic acids is 2. The van der Waals surface area contributed by atoms with Crippen molar-refractivity contribution in [3.8, 4) is 0 Å². The van der Waals surface area contributed by atoms with Crippen molar-refractivity contribution in [2.45, 2.75) is 116 Å². The summed E-state index contributed by atoms with van der Waals surface area (Å²) in [5.41, 5.74) is 15.5. The summed E-state index contributed by atoms with van der Waals surface area (Å²) in [6, 6.07) is 42.6. The smallest absolute Gasteiger partial charge is 0.469 e. The third-order valence-corrected chi connectivity index (χ3v) is 17.1. The standard InChI is InChI=1S/C71H72N12O4.Zn/c1-38(2)32-40-14-18-44-50(34-40)68-77-63(44)76-67-51-35-41(33-39(3)4)15-19-45(51)64(78-67)80-69-52-36-42(16-20-46(52)65(81-69)82-70-53-37-43(71(5,6)7)17-21-47(53)66(79-68)83-70)62(58-26-24-56(74-58)48(22-28-60(84)86-8)54-12-10-30-72-54)59-27-25-57(75-59)49(23-29-61(85)87-9)55-13-11-31-73-55;/h10-21,24-27,30-31,34-39,48-49,62-63,72-75H,22-23,28-29,32-33H2,1-9H3,(H-2,76,77,78,79,80,81,82,83);/q-2;+2. The Morgan fingerprint density at radius 1 is 0.557 bits per heavy atom.